The number of piperazine rings is 1. The minimum absolute atomic E-state index is 0.0140. The first-order chi connectivity index (χ1) is 19.1. The summed E-state index contributed by atoms with van der Waals surface area (Å²) in [7, 11) is 0. The number of carbonyl (C=O) groups excluding carboxylic acids is 4. The van der Waals surface area contributed by atoms with Gasteiger partial charge < -0.3 is 30.1 Å². The van der Waals surface area contributed by atoms with Gasteiger partial charge in [-0.3, -0.25) is 9.59 Å². The molecule has 0 radical (unpaired) electrons. The minimum Gasteiger partial charge on any atom is -0.445 e. The predicted octanol–water partition coefficient (Wildman–Crippen LogP) is 3.89. The molecule has 0 unspecified atom stereocenters. The lowest BCUT2D eigenvalue weighted by Crippen LogP contribution is -2.73. The van der Waals surface area contributed by atoms with Crippen molar-refractivity contribution in [3.05, 3.63) is 35.9 Å². The number of hydrogen-bond donors (Lipinski definition) is 2. The summed E-state index contributed by atoms with van der Waals surface area (Å²) < 4.78 is 5.22. The Labute approximate surface area is 238 Å². The highest BCUT2D eigenvalue weighted by molar-refractivity contribution is 6.00. The van der Waals surface area contributed by atoms with Crippen molar-refractivity contribution in [1.82, 2.24) is 25.3 Å². The summed E-state index contributed by atoms with van der Waals surface area (Å²) in [5.74, 6) is -0.174. The summed E-state index contributed by atoms with van der Waals surface area (Å²) in [6, 6.07) is 9.05. The Morgan fingerprint density at radius 3 is 2.33 bits per heavy atom. The Bertz CT molecular complexity index is 999. The highest BCUT2D eigenvalue weighted by Crippen LogP contribution is 2.34. The van der Waals surface area contributed by atoms with E-state index in [9.17, 15) is 19.2 Å². The SMILES string of the molecule is CCCN1C(=O)[C@H](CCCCNC(=O)OCc2ccccc2)NC(=O)C12CCN(C(=O)N(C(C)C)C(C)C)CC2. The number of unbranched alkanes of at least 4 members (excludes halogenated alkanes) is 1. The van der Waals surface area contributed by atoms with E-state index in [-0.39, 0.29) is 36.5 Å². The second kappa shape index (κ2) is 14.4. The van der Waals surface area contributed by atoms with Crippen LogP contribution < -0.4 is 10.6 Å². The van der Waals surface area contributed by atoms with Gasteiger partial charge in [0, 0.05) is 38.3 Å². The van der Waals surface area contributed by atoms with Gasteiger partial charge in [0.05, 0.1) is 0 Å². The van der Waals surface area contributed by atoms with Crippen LogP contribution in [0.1, 0.15) is 78.7 Å². The average molecular weight is 558 g/mol. The zero-order valence-corrected chi connectivity index (χ0v) is 24.8. The van der Waals surface area contributed by atoms with E-state index in [1.165, 1.54) is 0 Å². The lowest BCUT2D eigenvalue weighted by molar-refractivity contribution is -0.161. The molecule has 0 aliphatic carbocycles. The molecule has 2 fully saturated rings. The molecule has 0 saturated carbocycles. The van der Waals surface area contributed by atoms with Crippen LogP contribution in [0.3, 0.4) is 0 Å². The third kappa shape index (κ3) is 7.46. The Hall–Kier alpha value is -3.30. The molecule has 222 valence electrons. The topological polar surface area (TPSA) is 111 Å². The van der Waals surface area contributed by atoms with Crippen LogP contribution >= 0.6 is 0 Å². The first-order valence-electron chi connectivity index (χ1n) is 14.7. The summed E-state index contributed by atoms with van der Waals surface area (Å²) in [4.78, 5) is 57.7. The number of nitrogens with one attached hydrogen (secondary N) is 2. The van der Waals surface area contributed by atoms with E-state index >= 15 is 0 Å². The number of likely N-dealkylation sites (tertiary alicyclic amines) is 1. The Morgan fingerprint density at radius 2 is 1.73 bits per heavy atom. The van der Waals surface area contributed by atoms with Crippen LogP contribution in [0.2, 0.25) is 0 Å². The smallest absolute Gasteiger partial charge is 0.407 e. The number of amides is 5. The Kier molecular flexibility index (Phi) is 11.2. The van der Waals surface area contributed by atoms with Crippen LogP contribution in [0, 0.1) is 0 Å². The van der Waals surface area contributed by atoms with Crippen LogP contribution in [0.4, 0.5) is 9.59 Å². The first kappa shape index (κ1) is 31.2. The number of alkyl carbamates (subject to hydrolysis) is 1. The van der Waals surface area contributed by atoms with Gasteiger partial charge in [0.2, 0.25) is 11.8 Å². The molecule has 2 heterocycles. The number of hydrogen-bond acceptors (Lipinski definition) is 5. The van der Waals surface area contributed by atoms with Crippen molar-refractivity contribution in [3.63, 3.8) is 0 Å². The van der Waals surface area contributed by atoms with E-state index in [1.54, 1.807) is 4.90 Å². The van der Waals surface area contributed by atoms with Crippen LogP contribution in [-0.4, -0.2) is 88.5 Å². The number of piperidine rings is 1. The molecule has 5 amide bonds. The molecule has 40 heavy (non-hydrogen) atoms. The summed E-state index contributed by atoms with van der Waals surface area (Å²) in [5, 5.41) is 5.74. The van der Waals surface area contributed by atoms with Gasteiger partial charge in [0.15, 0.2) is 0 Å². The van der Waals surface area contributed by atoms with E-state index in [2.05, 4.69) is 10.6 Å². The molecule has 1 spiro atoms. The largest absolute Gasteiger partial charge is 0.445 e. The zero-order chi connectivity index (χ0) is 29.3. The fraction of sp³-hybridized carbons (Fsp3) is 0.667. The maximum absolute atomic E-state index is 13.6. The number of benzene rings is 1. The minimum atomic E-state index is -0.912. The molecule has 2 saturated heterocycles. The summed E-state index contributed by atoms with van der Waals surface area (Å²) >= 11 is 0. The number of urea groups is 1. The molecule has 0 bridgehead atoms. The zero-order valence-electron chi connectivity index (χ0n) is 24.8. The molecular weight excluding hydrogens is 510 g/mol. The van der Waals surface area contributed by atoms with Crippen LogP contribution in [0.25, 0.3) is 0 Å². The highest BCUT2D eigenvalue weighted by atomic mass is 16.5. The van der Waals surface area contributed by atoms with Crippen molar-refractivity contribution >= 4 is 23.9 Å². The van der Waals surface area contributed by atoms with Crippen LogP contribution in [0.5, 0.6) is 0 Å². The van der Waals surface area contributed by atoms with Gasteiger partial charge in [-0.1, -0.05) is 37.3 Å². The van der Waals surface area contributed by atoms with E-state index in [0.717, 1.165) is 12.0 Å². The van der Waals surface area contributed by atoms with Gasteiger partial charge in [-0.2, -0.15) is 0 Å². The van der Waals surface area contributed by atoms with Crippen molar-refractivity contribution in [2.75, 3.05) is 26.2 Å². The van der Waals surface area contributed by atoms with Crippen molar-refractivity contribution in [3.8, 4) is 0 Å². The second-order valence-corrected chi connectivity index (χ2v) is 11.4. The predicted molar refractivity (Wildman–Crippen MR) is 153 cm³/mol. The Balaban J connectivity index is 1.49. The molecule has 1 aromatic rings. The molecular formula is C30H47N5O5. The number of carbonyl (C=O) groups is 4. The molecule has 3 rings (SSSR count). The molecule has 2 aliphatic heterocycles. The van der Waals surface area contributed by atoms with E-state index < -0.39 is 17.7 Å². The standard InChI is InChI=1S/C30H47N5O5/c1-6-18-34-26(36)25(14-10-11-17-31-28(38)40-21-24-12-8-7-9-13-24)32-27(37)30(34)15-19-33(20-16-30)29(39)35(22(2)3)23(4)5/h7-9,12-13,22-23,25H,6,10-11,14-21H2,1-5H3,(H,31,38)(H,32,37)/t25-/m0/s1. The maximum atomic E-state index is 13.6. The monoisotopic (exact) mass is 557 g/mol. The molecule has 1 atom stereocenters. The quantitative estimate of drug-likeness (QED) is 0.401. The van der Waals surface area contributed by atoms with Gasteiger partial charge >= 0.3 is 12.1 Å². The maximum Gasteiger partial charge on any atom is 0.407 e. The Morgan fingerprint density at radius 1 is 1.07 bits per heavy atom. The van der Waals surface area contributed by atoms with Crippen molar-refractivity contribution in [2.45, 2.75) is 103 Å². The normalized spacial score (nSPS) is 18.7. The van der Waals surface area contributed by atoms with E-state index in [0.29, 0.717) is 58.3 Å². The molecule has 10 heteroatoms. The fourth-order valence-corrected chi connectivity index (χ4v) is 5.82. The molecule has 2 aliphatic rings. The number of nitrogens with zero attached hydrogens (tertiary/aromatic N) is 3. The highest BCUT2D eigenvalue weighted by Gasteiger charge is 2.53. The third-order valence-corrected chi connectivity index (χ3v) is 7.85. The molecule has 0 aromatic heterocycles. The van der Waals surface area contributed by atoms with Crippen LogP contribution in [-0.2, 0) is 20.9 Å². The van der Waals surface area contributed by atoms with Gasteiger partial charge in [-0.15, -0.1) is 0 Å². The average Bonchev–Trinajstić information content (AvgIpc) is 2.93. The summed E-state index contributed by atoms with van der Waals surface area (Å²) in [6.07, 6.45) is 2.98. The molecule has 2 N–H and O–H groups in total. The molecule has 1 aromatic carbocycles. The summed E-state index contributed by atoms with van der Waals surface area (Å²) in [5.41, 5.74) is 0.00857. The van der Waals surface area contributed by atoms with Crippen LogP contribution in [0.15, 0.2) is 30.3 Å². The van der Waals surface area contributed by atoms with Gasteiger partial charge in [0.25, 0.3) is 0 Å². The first-order valence-corrected chi connectivity index (χ1v) is 14.7. The van der Waals surface area contributed by atoms with Gasteiger partial charge in [-0.25, -0.2) is 9.59 Å². The summed E-state index contributed by atoms with van der Waals surface area (Å²) in [6.45, 7) is 12.1. The van der Waals surface area contributed by atoms with E-state index in [4.69, 9.17) is 4.74 Å². The molecule has 10 nitrogen and oxygen atoms in total. The second-order valence-electron chi connectivity index (χ2n) is 11.4. The van der Waals surface area contributed by atoms with Crippen molar-refractivity contribution in [2.24, 2.45) is 0 Å². The number of rotatable bonds is 11. The van der Waals surface area contributed by atoms with Gasteiger partial charge in [0.1, 0.15) is 18.2 Å². The van der Waals surface area contributed by atoms with Gasteiger partial charge in [-0.05, 0) is 71.8 Å². The number of ether oxygens (including phenoxy) is 1. The fourth-order valence-electron chi connectivity index (χ4n) is 5.82. The van der Waals surface area contributed by atoms with Crippen molar-refractivity contribution < 1.29 is 23.9 Å². The lowest BCUT2D eigenvalue weighted by atomic mass is 9.81. The lowest BCUT2D eigenvalue weighted by Gasteiger charge is -2.52. The van der Waals surface area contributed by atoms with E-state index in [1.807, 2.05) is 74.8 Å². The van der Waals surface area contributed by atoms with Crippen molar-refractivity contribution in [1.29, 1.82) is 0 Å². The third-order valence-electron chi connectivity index (χ3n) is 7.85.